The van der Waals surface area contributed by atoms with Crippen molar-refractivity contribution in [2.75, 3.05) is 6.61 Å². The van der Waals surface area contributed by atoms with Gasteiger partial charge in [-0.1, -0.05) is 6.92 Å². The average Bonchev–Trinajstić information content (AvgIpc) is 2.29. The molecule has 1 N–H and O–H groups in total. The molecule has 10 heavy (non-hydrogen) atoms. The first-order chi connectivity index (χ1) is 4.77. The molecule has 4 atom stereocenters. The first-order valence-corrected chi connectivity index (χ1v) is 3.72. The van der Waals surface area contributed by atoms with Gasteiger partial charge in [0, 0.05) is 0 Å². The van der Waals surface area contributed by atoms with Gasteiger partial charge in [0.25, 0.3) is 0 Å². The SMILES string of the molecule is C[C@@H]1C[C@@H]2CO[C@@H](O2)[C@H]1O. The van der Waals surface area contributed by atoms with Crippen LogP contribution >= 0.6 is 0 Å². The number of rotatable bonds is 0. The highest BCUT2D eigenvalue weighted by Gasteiger charge is 2.40. The highest BCUT2D eigenvalue weighted by atomic mass is 16.7. The second-order valence-corrected chi connectivity index (χ2v) is 3.16. The van der Waals surface area contributed by atoms with Crippen LogP contribution < -0.4 is 0 Å². The van der Waals surface area contributed by atoms with Gasteiger partial charge in [0.15, 0.2) is 6.29 Å². The summed E-state index contributed by atoms with van der Waals surface area (Å²) >= 11 is 0. The quantitative estimate of drug-likeness (QED) is 0.525. The Morgan fingerprint density at radius 3 is 3.10 bits per heavy atom. The Morgan fingerprint density at radius 2 is 2.30 bits per heavy atom. The lowest BCUT2D eigenvalue weighted by molar-refractivity contribution is -0.171. The molecular formula is C7H12O3. The van der Waals surface area contributed by atoms with Crippen LogP contribution in [0.4, 0.5) is 0 Å². The first kappa shape index (κ1) is 6.58. The summed E-state index contributed by atoms with van der Waals surface area (Å²) in [5, 5.41) is 9.41. The number of hydrogen-bond acceptors (Lipinski definition) is 3. The molecule has 3 heteroatoms. The lowest BCUT2D eigenvalue weighted by Crippen LogP contribution is -2.38. The fourth-order valence-electron chi connectivity index (χ4n) is 1.60. The van der Waals surface area contributed by atoms with Crippen molar-refractivity contribution >= 4 is 0 Å². The molecule has 0 aliphatic carbocycles. The summed E-state index contributed by atoms with van der Waals surface area (Å²) in [6.45, 7) is 2.69. The molecule has 58 valence electrons. The third kappa shape index (κ3) is 0.856. The van der Waals surface area contributed by atoms with Crippen LogP contribution in [0.5, 0.6) is 0 Å². The van der Waals surface area contributed by atoms with Crippen LogP contribution in [-0.2, 0) is 9.47 Å². The third-order valence-corrected chi connectivity index (χ3v) is 2.27. The summed E-state index contributed by atoms with van der Waals surface area (Å²) in [6, 6.07) is 0. The maximum Gasteiger partial charge on any atom is 0.184 e. The van der Waals surface area contributed by atoms with Crippen LogP contribution in [0.25, 0.3) is 0 Å². The Balaban J connectivity index is 2.09. The first-order valence-electron chi connectivity index (χ1n) is 3.72. The number of ether oxygens (including phenoxy) is 2. The molecule has 2 fully saturated rings. The number of hydrogen-bond donors (Lipinski definition) is 1. The molecule has 0 aromatic rings. The topological polar surface area (TPSA) is 38.7 Å². The minimum absolute atomic E-state index is 0.239. The zero-order valence-corrected chi connectivity index (χ0v) is 5.99. The van der Waals surface area contributed by atoms with Gasteiger partial charge in [-0.3, -0.25) is 0 Å². The highest BCUT2D eigenvalue weighted by molar-refractivity contribution is 4.83. The zero-order valence-electron chi connectivity index (χ0n) is 5.99. The fourth-order valence-corrected chi connectivity index (χ4v) is 1.60. The summed E-state index contributed by atoms with van der Waals surface area (Å²) in [5.41, 5.74) is 0. The van der Waals surface area contributed by atoms with Gasteiger partial charge in [-0.05, 0) is 12.3 Å². The van der Waals surface area contributed by atoms with Crippen LogP contribution in [0, 0.1) is 5.92 Å². The van der Waals surface area contributed by atoms with Gasteiger partial charge in [0.2, 0.25) is 0 Å². The summed E-state index contributed by atoms with van der Waals surface area (Å²) in [6.07, 6.45) is 0.411. The molecule has 0 saturated carbocycles. The van der Waals surface area contributed by atoms with E-state index in [2.05, 4.69) is 0 Å². The van der Waals surface area contributed by atoms with Gasteiger partial charge in [0.1, 0.15) is 6.10 Å². The van der Waals surface area contributed by atoms with Gasteiger partial charge in [-0.15, -0.1) is 0 Å². The van der Waals surface area contributed by atoms with Crippen molar-refractivity contribution in [2.24, 2.45) is 5.92 Å². The molecule has 0 aromatic carbocycles. The van der Waals surface area contributed by atoms with Crippen molar-refractivity contribution < 1.29 is 14.6 Å². The molecule has 0 spiro atoms. The van der Waals surface area contributed by atoms with E-state index >= 15 is 0 Å². The number of aliphatic hydroxyl groups excluding tert-OH is 1. The zero-order chi connectivity index (χ0) is 7.14. The van der Waals surface area contributed by atoms with Crippen molar-refractivity contribution in [3.8, 4) is 0 Å². The Hall–Kier alpha value is -0.120. The molecule has 2 saturated heterocycles. The molecular weight excluding hydrogens is 132 g/mol. The fraction of sp³-hybridized carbons (Fsp3) is 1.00. The van der Waals surface area contributed by atoms with Gasteiger partial charge >= 0.3 is 0 Å². The molecule has 0 amide bonds. The third-order valence-electron chi connectivity index (χ3n) is 2.27. The standard InChI is InChI=1S/C7H12O3/c1-4-2-5-3-9-7(10-5)6(4)8/h4-8H,2-3H2,1H3/t4-,5-,6+,7+/m1/s1. The number of aliphatic hydroxyl groups is 1. The minimum Gasteiger partial charge on any atom is -0.388 e. The lowest BCUT2D eigenvalue weighted by atomic mass is 9.96. The van der Waals surface area contributed by atoms with Gasteiger partial charge in [0.05, 0.1) is 12.7 Å². The predicted octanol–water partition coefficient (Wildman–Crippen LogP) is 0.129. The smallest absolute Gasteiger partial charge is 0.184 e. The second-order valence-electron chi connectivity index (χ2n) is 3.16. The molecule has 2 aliphatic heterocycles. The number of fused-ring (bicyclic) bond motifs is 2. The molecule has 2 rings (SSSR count). The molecule has 2 bridgehead atoms. The van der Waals surface area contributed by atoms with Crippen molar-refractivity contribution in [3.05, 3.63) is 0 Å². The highest BCUT2D eigenvalue weighted by Crippen LogP contribution is 2.30. The largest absolute Gasteiger partial charge is 0.388 e. The van der Waals surface area contributed by atoms with E-state index in [0.717, 1.165) is 6.42 Å². The van der Waals surface area contributed by atoms with Gasteiger partial charge < -0.3 is 14.6 Å². The summed E-state index contributed by atoms with van der Waals surface area (Å²) in [4.78, 5) is 0. The maximum atomic E-state index is 9.41. The monoisotopic (exact) mass is 144 g/mol. The maximum absolute atomic E-state index is 9.41. The van der Waals surface area contributed by atoms with E-state index in [1.807, 2.05) is 6.92 Å². The van der Waals surface area contributed by atoms with Crippen LogP contribution in [0.15, 0.2) is 0 Å². The lowest BCUT2D eigenvalue weighted by Gasteiger charge is -2.28. The average molecular weight is 144 g/mol. The molecule has 0 radical (unpaired) electrons. The Bertz CT molecular complexity index is 137. The molecule has 0 unspecified atom stereocenters. The molecule has 2 aliphatic rings. The van der Waals surface area contributed by atoms with E-state index in [9.17, 15) is 5.11 Å². The van der Waals surface area contributed by atoms with Gasteiger partial charge in [-0.2, -0.15) is 0 Å². The Kier molecular flexibility index (Phi) is 1.44. The Labute approximate surface area is 59.9 Å². The summed E-state index contributed by atoms with van der Waals surface area (Å²) in [5.74, 6) is 0.325. The van der Waals surface area contributed by atoms with E-state index in [4.69, 9.17) is 9.47 Å². The molecule has 3 nitrogen and oxygen atoms in total. The van der Waals surface area contributed by atoms with E-state index in [0.29, 0.717) is 12.5 Å². The Morgan fingerprint density at radius 1 is 1.50 bits per heavy atom. The van der Waals surface area contributed by atoms with E-state index in [-0.39, 0.29) is 12.4 Å². The van der Waals surface area contributed by atoms with Crippen molar-refractivity contribution in [3.63, 3.8) is 0 Å². The molecule has 2 heterocycles. The van der Waals surface area contributed by atoms with E-state index < -0.39 is 6.10 Å². The van der Waals surface area contributed by atoms with Crippen LogP contribution in [0.2, 0.25) is 0 Å². The predicted molar refractivity (Wildman–Crippen MR) is 34.4 cm³/mol. The van der Waals surface area contributed by atoms with E-state index in [1.165, 1.54) is 0 Å². The summed E-state index contributed by atoms with van der Waals surface area (Å²) < 4.78 is 10.5. The van der Waals surface area contributed by atoms with Crippen LogP contribution in [0.3, 0.4) is 0 Å². The molecule has 0 aromatic heterocycles. The van der Waals surface area contributed by atoms with Crippen molar-refractivity contribution in [2.45, 2.75) is 31.8 Å². The minimum atomic E-state index is -0.418. The second kappa shape index (κ2) is 2.19. The normalized spacial score (nSPS) is 53.4. The summed E-state index contributed by atoms with van der Waals surface area (Å²) in [7, 11) is 0. The van der Waals surface area contributed by atoms with Crippen molar-refractivity contribution in [1.29, 1.82) is 0 Å². The van der Waals surface area contributed by atoms with Crippen LogP contribution in [0.1, 0.15) is 13.3 Å². The van der Waals surface area contributed by atoms with Crippen LogP contribution in [-0.4, -0.2) is 30.2 Å². The van der Waals surface area contributed by atoms with E-state index in [1.54, 1.807) is 0 Å². The van der Waals surface area contributed by atoms with Gasteiger partial charge in [-0.25, -0.2) is 0 Å². The van der Waals surface area contributed by atoms with Crippen molar-refractivity contribution in [1.82, 2.24) is 0 Å².